The van der Waals surface area contributed by atoms with Gasteiger partial charge in [-0.2, -0.15) is 0 Å². The van der Waals surface area contributed by atoms with Crippen molar-refractivity contribution in [3.8, 4) is 0 Å². The van der Waals surface area contributed by atoms with E-state index in [4.69, 9.17) is 16.3 Å². The zero-order chi connectivity index (χ0) is 11.5. The smallest absolute Gasteiger partial charge is 0.237 e. The van der Waals surface area contributed by atoms with Crippen LogP contribution < -0.4 is 0 Å². The summed E-state index contributed by atoms with van der Waals surface area (Å²) >= 11 is 5.54. The topological polar surface area (TPSA) is 47.4 Å². The second kappa shape index (κ2) is 4.84. The van der Waals surface area contributed by atoms with Gasteiger partial charge in [-0.1, -0.05) is 0 Å². The maximum atomic E-state index is 11.5. The Kier molecular flexibility index (Phi) is 3.46. The number of halogens is 1. The molecule has 0 bridgehead atoms. The van der Waals surface area contributed by atoms with Gasteiger partial charge < -0.3 is 14.2 Å². The Balaban J connectivity index is 2.11. The zero-order valence-corrected chi connectivity index (χ0v) is 9.80. The monoisotopic (exact) mass is 243 g/mol. The number of amides is 1. The van der Waals surface area contributed by atoms with E-state index in [1.54, 1.807) is 24.5 Å². The van der Waals surface area contributed by atoms with E-state index in [1.165, 1.54) is 0 Å². The van der Waals surface area contributed by atoms with Gasteiger partial charge in [0.2, 0.25) is 5.91 Å². The molecule has 1 amide bonds. The fourth-order valence-corrected chi connectivity index (χ4v) is 2.20. The average Bonchev–Trinajstić information content (AvgIpc) is 2.95. The molecule has 6 heteroatoms. The number of aromatic nitrogens is 2. The minimum absolute atomic E-state index is 0.00127. The highest BCUT2D eigenvalue weighted by atomic mass is 35.5. The standard InChI is InChI=1S/C10H14ClN3O2/c1-16-9-6-14(10(15)4-11)5-8(9)13-3-2-12-7-13/h2-3,7-9H,4-6H2,1H3. The van der Waals surface area contributed by atoms with E-state index in [1.807, 2.05) is 10.8 Å². The van der Waals surface area contributed by atoms with E-state index < -0.39 is 0 Å². The van der Waals surface area contributed by atoms with Crippen LogP contribution in [0.5, 0.6) is 0 Å². The molecule has 16 heavy (non-hydrogen) atoms. The lowest BCUT2D eigenvalue weighted by Crippen LogP contribution is -2.30. The molecule has 1 saturated heterocycles. The highest BCUT2D eigenvalue weighted by molar-refractivity contribution is 6.27. The van der Waals surface area contributed by atoms with E-state index in [9.17, 15) is 4.79 Å². The van der Waals surface area contributed by atoms with Crippen LogP contribution in [-0.4, -0.2) is 52.5 Å². The Bertz CT molecular complexity index is 355. The number of imidazole rings is 1. The van der Waals surface area contributed by atoms with Crippen molar-refractivity contribution in [2.75, 3.05) is 26.1 Å². The Morgan fingerprint density at radius 3 is 3.00 bits per heavy atom. The lowest BCUT2D eigenvalue weighted by Gasteiger charge is -2.17. The molecule has 1 aromatic heterocycles. The second-order valence-electron chi connectivity index (χ2n) is 3.78. The molecule has 0 saturated carbocycles. The molecule has 5 nitrogen and oxygen atoms in total. The van der Waals surface area contributed by atoms with Crippen LogP contribution in [0.25, 0.3) is 0 Å². The van der Waals surface area contributed by atoms with Crippen molar-refractivity contribution in [3.05, 3.63) is 18.7 Å². The molecule has 0 N–H and O–H groups in total. The van der Waals surface area contributed by atoms with E-state index in [0.717, 1.165) is 0 Å². The molecule has 2 heterocycles. The molecule has 0 aromatic carbocycles. The number of ether oxygens (including phenoxy) is 1. The Labute approximate surface area is 99.0 Å². The zero-order valence-electron chi connectivity index (χ0n) is 9.04. The summed E-state index contributed by atoms with van der Waals surface area (Å²) < 4.78 is 7.35. The minimum Gasteiger partial charge on any atom is -0.377 e. The van der Waals surface area contributed by atoms with Gasteiger partial charge in [-0.25, -0.2) is 4.98 Å². The first-order valence-corrected chi connectivity index (χ1v) is 5.63. The van der Waals surface area contributed by atoms with Gasteiger partial charge in [-0.05, 0) is 0 Å². The molecule has 0 aliphatic carbocycles. The first kappa shape index (κ1) is 11.4. The Morgan fingerprint density at radius 1 is 1.62 bits per heavy atom. The number of carbonyl (C=O) groups is 1. The summed E-state index contributed by atoms with van der Waals surface area (Å²) in [6.07, 6.45) is 5.34. The number of hydrogen-bond acceptors (Lipinski definition) is 3. The summed E-state index contributed by atoms with van der Waals surface area (Å²) in [5.74, 6) is -0.0288. The summed E-state index contributed by atoms with van der Waals surface area (Å²) in [6.45, 7) is 1.21. The van der Waals surface area contributed by atoms with Crippen molar-refractivity contribution in [2.24, 2.45) is 0 Å². The van der Waals surface area contributed by atoms with Crippen LogP contribution in [0.2, 0.25) is 0 Å². The molecule has 2 rings (SSSR count). The number of alkyl halides is 1. The van der Waals surface area contributed by atoms with E-state index in [2.05, 4.69) is 4.98 Å². The summed E-state index contributed by atoms with van der Waals surface area (Å²) in [4.78, 5) is 17.2. The van der Waals surface area contributed by atoms with Crippen LogP contribution >= 0.6 is 11.6 Å². The average molecular weight is 244 g/mol. The van der Waals surface area contributed by atoms with Gasteiger partial charge in [0.25, 0.3) is 0 Å². The van der Waals surface area contributed by atoms with Gasteiger partial charge in [-0.3, -0.25) is 4.79 Å². The SMILES string of the molecule is COC1CN(C(=O)CCl)CC1n1ccnc1. The van der Waals surface area contributed by atoms with Crippen LogP contribution in [0.1, 0.15) is 6.04 Å². The summed E-state index contributed by atoms with van der Waals surface area (Å²) in [5, 5.41) is 0. The molecular weight excluding hydrogens is 230 g/mol. The molecule has 2 unspecified atom stereocenters. The van der Waals surface area contributed by atoms with Crippen LogP contribution in [0, 0.1) is 0 Å². The molecule has 1 fully saturated rings. The number of methoxy groups -OCH3 is 1. The second-order valence-corrected chi connectivity index (χ2v) is 4.05. The molecule has 0 radical (unpaired) electrons. The van der Waals surface area contributed by atoms with Crippen LogP contribution in [0.4, 0.5) is 0 Å². The summed E-state index contributed by atoms with van der Waals surface area (Å²) in [7, 11) is 1.66. The molecule has 1 aliphatic heterocycles. The molecule has 88 valence electrons. The molecule has 1 aromatic rings. The predicted molar refractivity (Wildman–Crippen MR) is 59.4 cm³/mol. The Morgan fingerprint density at radius 2 is 2.44 bits per heavy atom. The molecule has 2 atom stereocenters. The van der Waals surface area contributed by atoms with Gasteiger partial charge in [0.05, 0.1) is 18.5 Å². The van der Waals surface area contributed by atoms with Gasteiger partial charge >= 0.3 is 0 Å². The highest BCUT2D eigenvalue weighted by Gasteiger charge is 2.35. The maximum Gasteiger partial charge on any atom is 0.237 e. The lowest BCUT2D eigenvalue weighted by atomic mass is 10.2. The molecule has 0 spiro atoms. The predicted octanol–water partition coefficient (Wildman–Crippen LogP) is 0.520. The highest BCUT2D eigenvalue weighted by Crippen LogP contribution is 2.24. The number of carbonyl (C=O) groups excluding carboxylic acids is 1. The lowest BCUT2D eigenvalue weighted by molar-refractivity contribution is -0.127. The fraction of sp³-hybridized carbons (Fsp3) is 0.600. The maximum absolute atomic E-state index is 11.5. The third-order valence-corrected chi connectivity index (χ3v) is 3.14. The normalized spacial score (nSPS) is 25.0. The molecular formula is C10H14ClN3O2. The van der Waals surface area contributed by atoms with E-state index in [0.29, 0.717) is 13.1 Å². The van der Waals surface area contributed by atoms with Gasteiger partial charge in [0.15, 0.2) is 0 Å². The minimum atomic E-state index is -0.0497. The van der Waals surface area contributed by atoms with Crippen LogP contribution in [0.3, 0.4) is 0 Å². The molecule has 1 aliphatic rings. The third-order valence-electron chi connectivity index (χ3n) is 2.91. The van der Waals surface area contributed by atoms with Crippen molar-refractivity contribution in [1.29, 1.82) is 0 Å². The fourth-order valence-electron chi connectivity index (χ4n) is 2.03. The summed E-state index contributed by atoms with van der Waals surface area (Å²) in [6, 6.07) is 0.125. The quantitative estimate of drug-likeness (QED) is 0.728. The van der Waals surface area contributed by atoms with Crippen molar-refractivity contribution in [1.82, 2.24) is 14.5 Å². The first-order valence-electron chi connectivity index (χ1n) is 5.10. The van der Waals surface area contributed by atoms with Crippen molar-refractivity contribution >= 4 is 17.5 Å². The van der Waals surface area contributed by atoms with E-state index in [-0.39, 0.29) is 23.9 Å². The first-order chi connectivity index (χ1) is 7.76. The Hall–Kier alpha value is -1.07. The summed E-state index contributed by atoms with van der Waals surface area (Å²) in [5.41, 5.74) is 0. The van der Waals surface area contributed by atoms with Crippen molar-refractivity contribution in [3.63, 3.8) is 0 Å². The van der Waals surface area contributed by atoms with E-state index >= 15 is 0 Å². The third kappa shape index (κ3) is 2.05. The van der Waals surface area contributed by atoms with Crippen LogP contribution in [0.15, 0.2) is 18.7 Å². The van der Waals surface area contributed by atoms with Crippen molar-refractivity contribution < 1.29 is 9.53 Å². The number of rotatable bonds is 3. The van der Waals surface area contributed by atoms with Gasteiger partial charge in [-0.15, -0.1) is 11.6 Å². The largest absolute Gasteiger partial charge is 0.377 e. The van der Waals surface area contributed by atoms with Crippen molar-refractivity contribution in [2.45, 2.75) is 12.1 Å². The number of hydrogen-bond donors (Lipinski definition) is 0. The number of nitrogens with zero attached hydrogens (tertiary/aromatic N) is 3. The van der Waals surface area contributed by atoms with Gasteiger partial charge in [0, 0.05) is 32.6 Å². The van der Waals surface area contributed by atoms with Gasteiger partial charge in [0.1, 0.15) is 5.88 Å². The number of likely N-dealkylation sites (tertiary alicyclic amines) is 1. The van der Waals surface area contributed by atoms with Crippen LogP contribution in [-0.2, 0) is 9.53 Å².